The van der Waals surface area contributed by atoms with Gasteiger partial charge in [-0.1, -0.05) is 0 Å². The van der Waals surface area contributed by atoms with Crippen molar-refractivity contribution >= 4 is 11.3 Å². The molecule has 3 rings (SSSR count). The lowest BCUT2D eigenvalue weighted by atomic mass is 9.97. The van der Waals surface area contributed by atoms with Crippen LogP contribution in [0.15, 0.2) is 0 Å². The Morgan fingerprint density at radius 1 is 1.30 bits per heavy atom. The predicted octanol–water partition coefficient (Wildman–Crippen LogP) is 2.97. The second-order valence-electron chi connectivity index (χ2n) is 7.02. The van der Waals surface area contributed by atoms with Crippen LogP contribution in [0, 0.1) is 0 Å². The highest BCUT2D eigenvalue weighted by Gasteiger charge is 2.28. The fraction of sp³-hybridized carbons (Fsp3) is 0.812. The number of likely N-dealkylation sites (tertiary alicyclic amines) is 1. The number of piperidine rings is 1. The van der Waals surface area contributed by atoms with E-state index in [1.165, 1.54) is 49.2 Å². The number of aromatic nitrogens is 1. The Morgan fingerprint density at radius 2 is 2.10 bits per heavy atom. The van der Waals surface area contributed by atoms with Gasteiger partial charge in [0.1, 0.15) is 0 Å². The van der Waals surface area contributed by atoms with E-state index < -0.39 is 5.60 Å². The first kappa shape index (κ1) is 14.5. The maximum atomic E-state index is 10.0. The van der Waals surface area contributed by atoms with Crippen LogP contribution in [0.3, 0.4) is 0 Å². The maximum absolute atomic E-state index is 10.0. The average molecular weight is 294 g/mol. The number of nitrogens with zero attached hydrogens (tertiary/aromatic N) is 2. The first-order chi connectivity index (χ1) is 9.51. The Labute approximate surface area is 126 Å². The van der Waals surface area contributed by atoms with Crippen molar-refractivity contribution in [2.75, 3.05) is 19.6 Å². The van der Waals surface area contributed by atoms with Gasteiger partial charge in [-0.3, -0.25) is 4.90 Å². The van der Waals surface area contributed by atoms with E-state index in [9.17, 15) is 5.11 Å². The normalized spacial score (nSPS) is 24.6. The fourth-order valence-electron chi connectivity index (χ4n) is 3.49. The summed E-state index contributed by atoms with van der Waals surface area (Å²) >= 11 is 1.96. The maximum Gasteiger partial charge on any atom is 0.0974 e. The SMILES string of the molecule is CC(C)(O)CN1CCCC(c2nc3c(s2)CCCC3)C1. The molecule has 1 aromatic rings. The van der Waals surface area contributed by atoms with Crippen LogP contribution >= 0.6 is 11.3 Å². The van der Waals surface area contributed by atoms with Crippen molar-refractivity contribution < 1.29 is 5.11 Å². The molecule has 1 aromatic heterocycles. The average Bonchev–Trinajstić information content (AvgIpc) is 2.80. The summed E-state index contributed by atoms with van der Waals surface area (Å²) in [6.07, 6.45) is 7.56. The Bertz CT molecular complexity index is 440. The van der Waals surface area contributed by atoms with Gasteiger partial charge in [-0.25, -0.2) is 4.98 Å². The van der Waals surface area contributed by atoms with E-state index in [1.54, 1.807) is 4.88 Å². The highest BCUT2D eigenvalue weighted by Crippen LogP contribution is 2.34. The lowest BCUT2D eigenvalue weighted by molar-refractivity contribution is 0.0271. The lowest BCUT2D eigenvalue weighted by Crippen LogP contribution is -2.43. The third-order valence-corrected chi connectivity index (χ3v) is 5.65. The van der Waals surface area contributed by atoms with Crippen LogP contribution in [0.4, 0.5) is 0 Å². The minimum atomic E-state index is -0.593. The van der Waals surface area contributed by atoms with Gasteiger partial charge in [0, 0.05) is 23.9 Å². The van der Waals surface area contributed by atoms with Gasteiger partial charge in [0.2, 0.25) is 0 Å². The molecule has 3 nitrogen and oxygen atoms in total. The molecule has 0 spiro atoms. The smallest absolute Gasteiger partial charge is 0.0974 e. The van der Waals surface area contributed by atoms with Gasteiger partial charge >= 0.3 is 0 Å². The molecule has 0 radical (unpaired) electrons. The van der Waals surface area contributed by atoms with Crippen molar-refractivity contribution in [2.45, 2.75) is 63.9 Å². The molecule has 1 fully saturated rings. The molecule has 1 saturated heterocycles. The molecule has 1 atom stereocenters. The van der Waals surface area contributed by atoms with E-state index in [1.807, 2.05) is 25.2 Å². The van der Waals surface area contributed by atoms with Gasteiger partial charge in [0.25, 0.3) is 0 Å². The molecule has 0 bridgehead atoms. The minimum Gasteiger partial charge on any atom is -0.389 e. The van der Waals surface area contributed by atoms with Crippen molar-refractivity contribution in [1.29, 1.82) is 0 Å². The van der Waals surface area contributed by atoms with Crippen molar-refractivity contribution in [2.24, 2.45) is 0 Å². The molecule has 1 aliphatic heterocycles. The summed E-state index contributed by atoms with van der Waals surface area (Å²) in [5, 5.41) is 11.4. The zero-order valence-electron chi connectivity index (χ0n) is 12.7. The molecule has 4 heteroatoms. The van der Waals surface area contributed by atoms with E-state index in [2.05, 4.69) is 4.90 Å². The number of aliphatic hydroxyl groups is 1. The lowest BCUT2D eigenvalue weighted by Gasteiger charge is -2.35. The van der Waals surface area contributed by atoms with E-state index in [-0.39, 0.29) is 0 Å². The largest absolute Gasteiger partial charge is 0.389 e. The first-order valence-corrected chi connectivity index (χ1v) is 8.76. The summed E-state index contributed by atoms with van der Waals surface area (Å²) in [6, 6.07) is 0. The Balaban J connectivity index is 1.69. The second kappa shape index (κ2) is 5.74. The van der Waals surface area contributed by atoms with Crippen molar-refractivity contribution in [3.05, 3.63) is 15.6 Å². The Hall–Kier alpha value is -0.450. The highest BCUT2D eigenvalue weighted by molar-refractivity contribution is 7.11. The fourth-order valence-corrected chi connectivity index (χ4v) is 4.77. The Kier molecular flexibility index (Phi) is 4.16. The summed E-state index contributed by atoms with van der Waals surface area (Å²) in [6.45, 7) is 6.76. The first-order valence-electron chi connectivity index (χ1n) is 7.94. The van der Waals surface area contributed by atoms with Gasteiger partial charge in [-0.2, -0.15) is 0 Å². The number of hydrogen-bond donors (Lipinski definition) is 1. The molecular weight excluding hydrogens is 268 g/mol. The topological polar surface area (TPSA) is 36.4 Å². The van der Waals surface area contributed by atoms with E-state index >= 15 is 0 Å². The van der Waals surface area contributed by atoms with Gasteiger partial charge in [0.15, 0.2) is 0 Å². The zero-order chi connectivity index (χ0) is 14.2. The summed E-state index contributed by atoms with van der Waals surface area (Å²) in [5.41, 5.74) is 0.792. The van der Waals surface area contributed by atoms with Gasteiger partial charge in [-0.05, 0) is 58.9 Å². The predicted molar refractivity (Wildman–Crippen MR) is 83.5 cm³/mol. The van der Waals surface area contributed by atoms with Crippen molar-refractivity contribution in [3.63, 3.8) is 0 Å². The molecule has 0 aromatic carbocycles. The third-order valence-electron chi connectivity index (χ3n) is 4.33. The summed E-state index contributed by atoms with van der Waals surface area (Å²) < 4.78 is 0. The van der Waals surface area contributed by atoms with Crippen molar-refractivity contribution in [1.82, 2.24) is 9.88 Å². The molecule has 2 heterocycles. The molecule has 0 saturated carbocycles. The van der Waals surface area contributed by atoms with Crippen LogP contribution in [0.5, 0.6) is 0 Å². The van der Waals surface area contributed by atoms with E-state index in [4.69, 9.17) is 4.98 Å². The minimum absolute atomic E-state index is 0.585. The molecule has 112 valence electrons. The zero-order valence-corrected chi connectivity index (χ0v) is 13.5. The molecular formula is C16H26N2OS. The van der Waals surface area contributed by atoms with E-state index in [0.29, 0.717) is 5.92 Å². The number of aryl methyl sites for hydroxylation is 2. The van der Waals surface area contributed by atoms with Crippen LogP contribution in [0.25, 0.3) is 0 Å². The molecule has 2 aliphatic rings. The summed E-state index contributed by atoms with van der Waals surface area (Å²) in [5.74, 6) is 0.585. The monoisotopic (exact) mass is 294 g/mol. The van der Waals surface area contributed by atoms with Crippen LogP contribution in [0.2, 0.25) is 0 Å². The number of hydrogen-bond acceptors (Lipinski definition) is 4. The Morgan fingerprint density at radius 3 is 2.85 bits per heavy atom. The van der Waals surface area contributed by atoms with Crippen LogP contribution in [0.1, 0.15) is 61.0 Å². The molecule has 1 N–H and O–H groups in total. The molecule has 0 amide bonds. The number of fused-ring (bicyclic) bond motifs is 1. The highest BCUT2D eigenvalue weighted by atomic mass is 32.1. The van der Waals surface area contributed by atoms with Crippen LogP contribution < -0.4 is 0 Å². The summed E-state index contributed by atoms with van der Waals surface area (Å²) in [4.78, 5) is 8.89. The third kappa shape index (κ3) is 3.41. The quantitative estimate of drug-likeness (QED) is 0.931. The standard InChI is InChI=1S/C16H26N2OS/c1-16(2,19)11-18-9-5-6-12(10-18)15-17-13-7-3-4-8-14(13)20-15/h12,19H,3-11H2,1-2H3. The van der Waals surface area contributed by atoms with Crippen molar-refractivity contribution in [3.8, 4) is 0 Å². The van der Waals surface area contributed by atoms with Gasteiger partial charge in [0.05, 0.1) is 16.3 Å². The van der Waals surface area contributed by atoms with Crippen LogP contribution in [-0.4, -0.2) is 40.2 Å². The molecule has 1 aliphatic carbocycles. The second-order valence-corrected chi connectivity index (χ2v) is 8.13. The van der Waals surface area contributed by atoms with Gasteiger partial charge in [-0.15, -0.1) is 11.3 Å². The van der Waals surface area contributed by atoms with Crippen LogP contribution in [-0.2, 0) is 12.8 Å². The number of β-amino-alcohol motifs (C(OH)–C–C–N with tert-alkyl or cyclic N) is 1. The van der Waals surface area contributed by atoms with Gasteiger partial charge < -0.3 is 5.11 Å². The van der Waals surface area contributed by atoms with E-state index in [0.717, 1.165) is 19.6 Å². The summed E-state index contributed by atoms with van der Waals surface area (Å²) in [7, 11) is 0. The molecule has 20 heavy (non-hydrogen) atoms. The molecule has 1 unspecified atom stereocenters. The number of thiazole rings is 1. The number of rotatable bonds is 3.